The molecule has 1 atom stereocenters. The van der Waals surface area contributed by atoms with Crippen molar-refractivity contribution in [2.24, 2.45) is 5.92 Å². The summed E-state index contributed by atoms with van der Waals surface area (Å²) in [6.45, 7) is 6.83. The van der Waals surface area contributed by atoms with Gasteiger partial charge in [-0.15, -0.1) is 0 Å². The monoisotopic (exact) mass is 228 g/mol. The molecule has 61 valence electrons. The fourth-order valence-corrected chi connectivity index (χ4v) is 0.599. The number of Topliss-reactive ketones (excluding diaryl/α,β-unsaturated/α-hetero) is 1. The standard InChI is InChI=1S/C8H13NO.Y/c1-4-8(9)5-6(2)7(3)10;/h6H,1,4-5H2,2-3H3;/q-2;. The second-order valence-electron chi connectivity index (χ2n) is 2.53. The normalized spacial score (nSPS) is 11.5. The van der Waals surface area contributed by atoms with Gasteiger partial charge in [0.1, 0.15) is 5.78 Å². The number of hydrogen-bond donors (Lipinski definition) is 0. The van der Waals surface area contributed by atoms with Crippen LogP contribution in [0.4, 0.5) is 0 Å². The average Bonchev–Trinajstić information content (AvgIpc) is 1.87. The number of nitrogens with zero attached hydrogens (tertiary/aromatic N) is 1. The van der Waals surface area contributed by atoms with Gasteiger partial charge in [-0.05, 0) is 13.3 Å². The Morgan fingerprint density at radius 2 is 2.09 bits per heavy atom. The van der Waals surface area contributed by atoms with Crippen molar-refractivity contribution in [2.75, 3.05) is 0 Å². The van der Waals surface area contributed by atoms with Crippen molar-refractivity contribution < 1.29 is 37.5 Å². The molecule has 0 amide bonds. The molecule has 0 fully saturated rings. The molecule has 0 aliphatic rings. The molecule has 0 heterocycles. The summed E-state index contributed by atoms with van der Waals surface area (Å²) >= 11 is 0. The van der Waals surface area contributed by atoms with Crippen LogP contribution in [-0.4, -0.2) is 11.5 Å². The zero-order valence-electron chi connectivity index (χ0n) is 7.13. The van der Waals surface area contributed by atoms with Gasteiger partial charge in [-0.2, -0.15) is 6.42 Å². The Morgan fingerprint density at radius 3 is 2.36 bits per heavy atom. The van der Waals surface area contributed by atoms with Gasteiger partial charge in [0.05, 0.1) is 0 Å². The third-order valence-corrected chi connectivity index (χ3v) is 1.52. The van der Waals surface area contributed by atoms with Gasteiger partial charge in [-0.3, -0.25) is 4.79 Å². The Kier molecular flexibility index (Phi) is 9.05. The molecule has 0 aromatic rings. The molecule has 2 nitrogen and oxygen atoms in total. The zero-order chi connectivity index (χ0) is 8.15. The predicted molar refractivity (Wildman–Crippen MR) is 42.8 cm³/mol. The van der Waals surface area contributed by atoms with Crippen LogP contribution in [0.15, 0.2) is 0 Å². The van der Waals surface area contributed by atoms with Crippen LogP contribution in [0.25, 0.3) is 5.41 Å². The van der Waals surface area contributed by atoms with E-state index in [0.29, 0.717) is 18.6 Å². The topological polar surface area (TPSA) is 39.4 Å². The van der Waals surface area contributed by atoms with Crippen LogP contribution < -0.4 is 0 Å². The van der Waals surface area contributed by atoms with Crippen LogP contribution in [-0.2, 0) is 37.5 Å². The van der Waals surface area contributed by atoms with Gasteiger partial charge in [0.15, 0.2) is 0 Å². The maximum Gasteiger partial charge on any atom is 0.132 e. The van der Waals surface area contributed by atoms with E-state index >= 15 is 0 Å². The van der Waals surface area contributed by atoms with E-state index in [1.807, 2.05) is 0 Å². The second-order valence-corrected chi connectivity index (χ2v) is 2.53. The largest absolute Gasteiger partial charge is 0.813 e. The predicted octanol–water partition coefficient (Wildman–Crippen LogP) is 1.83. The molecule has 0 aliphatic carbocycles. The molecule has 0 rings (SSSR count). The van der Waals surface area contributed by atoms with Gasteiger partial charge in [0, 0.05) is 38.6 Å². The first-order chi connectivity index (χ1) is 4.57. The van der Waals surface area contributed by atoms with Crippen molar-refractivity contribution in [1.29, 1.82) is 0 Å². The maximum absolute atomic E-state index is 10.7. The Labute approximate surface area is 93.5 Å². The van der Waals surface area contributed by atoms with E-state index < -0.39 is 0 Å². The second kappa shape index (κ2) is 7.11. The van der Waals surface area contributed by atoms with Crippen LogP contribution in [0.3, 0.4) is 0 Å². The van der Waals surface area contributed by atoms with E-state index in [2.05, 4.69) is 6.92 Å². The molecule has 1 radical (unpaired) electrons. The summed E-state index contributed by atoms with van der Waals surface area (Å²) in [5.41, 5.74) is 0.308. The molecule has 0 aromatic heterocycles. The summed E-state index contributed by atoms with van der Waals surface area (Å²) in [6, 6.07) is 0. The van der Waals surface area contributed by atoms with Crippen molar-refractivity contribution in [3.05, 3.63) is 12.3 Å². The summed E-state index contributed by atoms with van der Waals surface area (Å²) < 4.78 is 0. The SMILES string of the molecule is [CH2-]CC(=[N-])CC(C)C(C)=O.[Y]. The van der Waals surface area contributed by atoms with E-state index in [1.54, 1.807) is 6.92 Å². The van der Waals surface area contributed by atoms with E-state index in [1.165, 1.54) is 6.92 Å². The van der Waals surface area contributed by atoms with Crippen LogP contribution in [0.2, 0.25) is 0 Å². The van der Waals surface area contributed by atoms with Crippen LogP contribution in [0, 0.1) is 12.8 Å². The Morgan fingerprint density at radius 1 is 1.64 bits per heavy atom. The third-order valence-electron chi connectivity index (χ3n) is 1.52. The smallest absolute Gasteiger partial charge is 0.132 e. The first-order valence-electron chi connectivity index (χ1n) is 3.41. The molecule has 0 saturated carbocycles. The third kappa shape index (κ3) is 6.83. The molecule has 0 N–H and O–H groups in total. The molecule has 0 aliphatic heterocycles. The molecule has 3 heteroatoms. The summed E-state index contributed by atoms with van der Waals surface area (Å²) in [6.07, 6.45) is 0.858. The maximum atomic E-state index is 10.7. The van der Waals surface area contributed by atoms with E-state index in [-0.39, 0.29) is 44.4 Å². The van der Waals surface area contributed by atoms with Gasteiger partial charge in [0.25, 0.3) is 0 Å². The molecular formula is C8H13NOY-2. The number of rotatable bonds is 4. The molecule has 11 heavy (non-hydrogen) atoms. The zero-order valence-corrected chi connectivity index (χ0v) is 9.97. The molecule has 0 bridgehead atoms. The number of hydrogen-bond acceptors (Lipinski definition) is 1. The Bertz CT molecular complexity index is 145. The molecule has 0 aromatic carbocycles. The van der Waals surface area contributed by atoms with E-state index in [9.17, 15) is 4.79 Å². The van der Waals surface area contributed by atoms with Gasteiger partial charge < -0.3 is 12.3 Å². The van der Waals surface area contributed by atoms with Crippen LogP contribution in [0.5, 0.6) is 0 Å². The fraction of sp³-hybridized carbons (Fsp3) is 0.625. The Balaban J connectivity index is 0. The fourth-order valence-electron chi connectivity index (χ4n) is 0.599. The minimum atomic E-state index is -0.0678. The quantitative estimate of drug-likeness (QED) is 0.534. The number of carbonyl (C=O) groups is 1. The van der Waals surface area contributed by atoms with Gasteiger partial charge >= 0.3 is 0 Å². The molecular weight excluding hydrogens is 215 g/mol. The van der Waals surface area contributed by atoms with Crippen molar-refractivity contribution in [1.82, 2.24) is 0 Å². The number of ketones is 1. The van der Waals surface area contributed by atoms with Crippen molar-refractivity contribution >= 4 is 11.5 Å². The summed E-state index contributed by atoms with van der Waals surface area (Å²) in [5.74, 6) is 0.0433. The first-order valence-corrected chi connectivity index (χ1v) is 3.41. The van der Waals surface area contributed by atoms with Crippen LogP contribution in [0.1, 0.15) is 26.7 Å². The van der Waals surface area contributed by atoms with Gasteiger partial charge in [0.2, 0.25) is 0 Å². The van der Waals surface area contributed by atoms with E-state index in [4.69, 9.17) is 5.41 Å². The van der Waals surface area contributed by atoms with Crippen molar-refractivity contribution in [3.8, 4) is 0 Å². The van der Waals surface area contributed by atoms with E-state index in [0.717, 1.165) is 0 Å². The minimum Gasteiger partial charge on any atom is -0.813 e. The van der Waals surface area contributed by atoms with Gasteiger partial charge in [-0.1, -0.05) is 6.92 Å². The first kappa shape index (κ1) is 14.0. The van der Waals surface area contributed by atoms with Crippen molar-refractivity contribution in [3.63, 3.8) is 0 Å². The average molecular weight is 228 g/mol. The van der Waals surface area contributed by atoms with Crippen molar-refractivity contribution in [2.45, 2.75) is 26.7 Å². The summed E-state index contributed by atoms with van der Waals surface area (Å²) in [5, 5.41) is 8.98. The Hall–Kier alpha value is 0.444. The van der Waals surface area contributed by atoms with Gasteiger partial charge in [-0.25, -0.2) is 5.71 Å². The minimum absolute atomic E-state index is 0. The summed E-state index contributed by atoms with van der Waals surface area (Å²) in [4.78, 5) is 10.7. The molecule has 0 saturated heterocycles. The molecule has 0 spiro atoms. The summed E-state index contributed by atoms with van der Waals surface area (Å²) in [7, 11) is 0. The number of carbonyl (C=O) groups excluding carboxylic acids is 1. The van der Waals surface area contributed by atoms with Crippen LogP contribution >= 0.6 is 0 Å². The molecule has 1 unspecified atom stereocenters.